The van der Waals surface area contributed by atoms with Gasteiger partial charge in [0.05, 0.1) is 22.6 Å². The topological polar surface area (TPSA) is 32.7 Å². The quantitative estimate of drug-likeness (QED) is 0.245. The van der Waals surface area contributed by atoms with Gasteiger partial charge >= 0.3 is 7.48 Å². The van der Waals surface area contributed by atoms with E-state index >= 15 is 0 Å². The summed E-state index contributed by atoms with van der Waals surface area (Å²) in [5.41, 5.74) is 5.22. The SMILES string of the molecule is C=C(Br)/C=C\C.CC1(C)c2ccccc2N(c2ccccc2)c2ccc([B]OC(C)(C)C(C)(C)O)cc21. The Labute approximate surface area is 232 Å². The maximum absolute atomic E-state index is 10.4. The van der Waals surface area contributed by atoms with Gasteiger partial charge in [-0.15, -0.1) is 0 Å². The Morgan fingerprint density at radius 3 is 2.11 bits per heavy atom. The number of halogens is 1. The molecule has 1 heterocycles. The van der Waals surface area contributed by atoms with E-state index in [1.54, 1.807) is 21.3 Å². The van der Waals surface area contributed by atoms with Crippen LogP contribution in [0.5, 0.6) is 0 Å². The zero-order chi connectivity index (χ0) is 27.4. The van der Waals surface area contributed by atoms with E-state index in [-0.39, 0.29) is 5.41 Å². The van der Waals surface area contributed by atoms with Gasteiger partial charge in [-0.1, -0.05) is 103 Å². The van der Waals surface area contributed by atoms with Crippen LogP contribution in [-0.2, 0) is 10.1 Å². The zero-order valence-electron chi connectivity index (χ0n) is 23.0. The summed E-state index contributed by atoms with van der Waals surface area (Å²) in [7, 11) is 1.77. The number of anilines is 3. The van der Waals surface area contributed by atoms with Gasteiger partial charge in [-0.2, -0.15) is 0 Å². The molecule has 0 fully saturated rings. The Kier molecular flexibility index (Phi) is 8.95. The molecule has 4 rings (SSSR count). The molecular weight excluding hydrogens is 521 g/mol. The molecule has 0 atom stereocenters. The molecule has 0 aliphatic carbocycles. The van der Waals surface area contributed by atoms with E-state index in [1.807, 2.05) is 39.0 Å². The third-order valence-corrected chi connectivity index (χ3v) is 7.34. The fraction of sp³-hybridized carbons (Fsp3) is 0.312. The zero-order valence-corrected chi connectivity index (χ0v) is 24.6. The number of hydrogen-bond donors (Lipinski definition) is 1. The summed E-state index contributed by atoms with van der Waals surface area (Å²) in [4.78, 5) is 2.33. The molecule has 193 valence electrons. The smallest absolute Gasteiger partial charge is 0.330 e. The molecule has 0 amide bonds. The number of para-hydroxylation sites is 2. The lowest BCUT2D eigenvalue weighted by Gasteiger charge is -2.42. The van der Waals surface area contributed by atoms with Crippen molar-refractivity contribution in [2.45, 2.75) is 65.1 Å². The van der Waals surface area contributed by atoms with E-state index in [9.17, 15) is 5.11 Å². The predicted octanol–water partition coefficient (Wildman–Crippen LogP) is 8.08. The van der Waals surface area contributed by atoms with Crippen LogP contribution < -0.4 is 10.4 Å². The maximum Gasteiger partial charge on any atom is 0.330 e. The molecular formula is C32H38BBrNO2. The van der Waals surface area contributed by atoms with E-state index in [2.05, 4.69) is 108 Å². The number of benzene rings is 3. The molecule has 3 nitrogen and oxygen atoms in total. The van der Waals surface area contributed by atoms with Gasteiger partial charge in [0.1, 0.15) is 0 Å². The van der Waals surface area contributed by atoms with Crippen LogP contribution in [0.4, 0.5) is 17.1 Å². The summed E-state index contributed by atoms with van der Waals surface area (Å²) < 4.78 is 6.95. The summed E-state index contributed by atoms with van der Waals surface area (Å²) in [6, 6.07) is 25.6. The van der Waals surface area contributed by atoms with E-state index in [0.717, 1.165) is 15.6 Å². The molecule has 1 aliphatic rings. The number of hydrogen-bond acceptors (Lipinski definition) is 3. The number of nitrogens with zero attached hydrogens (tertiary/aromatic N) is 1. The molecule has 0 saturated heterocycles. The first-order valence-corrected chi connectivity index (χ1v) is 13.4. The maximum atomic E-state index is 10.4. The van der Waals surface area contributed by atoms with Gasteiger partial charge in [-0.3, -0.25) is 0 Å². The van der Waals surface area contributed by atoms with Gasteiger partial charge in [0, 0.05) is 15.6 Å². The second-order valence-electron chi connectivity index (χ2n) is 10.8. The number of allylic oxidation sites excluding steroid dienone is 3. The third kappa shape index (κ3) is 6.46. The summed E-state index contributed by atoms with van der Waals surface area (Å²) in [5, 5.41) is 10.4. The average molecular weight is 559 g/mol. The Balaban J connectivity index is 0.000000568. The van der Waals surface area contributed by atoms with Crippen molar-refractivity contribution < 1.29 is 9.76 Å². The Morgan fingerprint density at radius 1 is 0.946 bits per heavy atom. The monoisotopic (exact) mass is 558 g/mol. The van der Waals surface area contributed by atoms with Gasteiger partial charge < -0.3 is 14.7 Å². The Morgan fingerprint density at radius 2 is 1.54 bits per heavy atom. The van der Waals surface area contributed by atoms with Crippen molar-refractivity contribution >= 4 is 45.9 Å². The van der Waals surface area contributed by atoms with Crippen LogP contribution in [0.1, 0.15) is 59.6 Å². The van der Waals surface area contributed by atoms with Crippen LogP contribution in [0.25, 0.3) is 0 Å². The van der Waals surface area contributed by atoms with E-state index in [0.29, 0.717) is 0 Å². The molecule has 3 aromatic carbocycles. The van der Waals surface area contributed by atoms with Crippen molar-refractivity contribution in [2.24, 2.45) is 0 Å². The fourth-order valence-corrected chi connectivity index (χ4v) is 4.45. The van der Waals surface area contributed by atoms with Gasteiger partial charge in [0.15, 0.2) is 0 Å². The summed E-state index contributed by atoms with van der Waals surface area (Å²) in [5.74, 6) is 0. The highest BCUT2D eigenvalue weighted by atomic mass is 79.9. The van der Waals surface area contributed by atoms with Gasteiger partial charge in [-0.25, -0.2) is 0 Å². The number of fused-ring (bicyclic) bond motifs is 2. The second kappa shape index (κ2) is 11.4. The molecule has 0 aromatic heterocycles. The van der Waals surface area contributed by atoms with E-state index < -0.39 is 11.2 Å². The first-order chi connectivity index (χ1) is 17.3. The highest BCUT2D eigenvalue weighted by molar-refractivity contribution is 9.11. The molecule has 0 spiro atoms. The molecule has 5 heteroatoms. The molecule has 0 unspecified atom stereocenters. The van der Waals surface area contributed by atoms with Crippen LogP contribution in [-0.4, -0.2) is 23.8 Å². The lowest BCUT2D eigenvalue weighted by atomic mass is 9.71. The minimum absolute atomic E-state index is 0.160. The first-order valence-electron chi connectivity index (χ1n) is 12.6. The van der Waals surface area contributed by atoms with Crippen molar-refractivity contribution in [3.8, 4) is 0 Å². The summed E-state index contributed by atoms with van der Waals surface area (Å²) in [6.07, 6.45) is 3.82. The molecule has 0 bridgehead atoms. The Bertz CT molecular complexity index is 1260. The van der Waals surface area contributed by atoms with Crippen LogP contribution in [0.15, 0.2) is 96.0 Å². The second-order valence-corrected chi connectivity index (χ2v) is 11.9. The number of aliphatic hydroxyl groups is 1. The lowest BCUT2D eigenvalue weighted by Crippen LogP contribution is -2.49. The van der Waals surface area contributed by atoms with Crippen LogP contribution >= 0.6 is 15.9 Å². The predicted molar refractivity (Wildman–Crippen MR) is 163 cm³/mol. The Hall–Kier alpha value is -2.60. The van der Waals surface area contributed by atoms with Crippen molar-refractivity contribution in [1.82, 2.24) is 0 Å². The van der Waals surface area contributed by atoms with Crippen molar-refractivity contribution in [1.29, 1.82) is 0 Å². The standard InChI is InChI=1S/C27H31BNO2.C5H7Br/c1-25(2)21-14-10-11-15-23(21)29(20-12-8-7-9-13-20)24-17-16-19(18-22(24)25)28-31-27(5,6)26(3,4)30;1-3-4-5(2)6/h7-18,30H,1-6H3;3-4H,2H2,1H3/b;4-3-. The normalized spacial score (nSPS) is 14.4. The van der Waals surface area contributed by atoms with Crippen LogP contribution in [0, 0.1) is 0 Å². The largest absolute Gasteiger partial charge is 0.427 e. The van der Waals surface area contributed by atoms with E-state index in [4.69, 9.17) is 4.65 Å². The van der Waals surface area contributed by atoms with Gasteiger partial charge in [0.2, 0.25) is 0 Å². The van der Waals surface area contributed by atoms with Crippen molar-refractivity contribution in [3.63, 3.8) is 0 Å². The lowest BCUT2D eigenvalue weighted by molar-refractivity contribution is -0.0893. The molecule has 0 saturated carbocycles. The minimum Gasteiger partial charge on any atom is -0.427 e. The van der Waals surface area contributed by atoms with Crippen LogP contribution in [0.2, 0.25) is 0 Å². The van der Waals surface area contributed by atoms with Crippen molar-refractivity contribution in [3.05, 3.63) is 107 Å². The molecule has 1 aliphatic heterocycles. The molecule has 37 heavy (non-hydrogen) atoms. The number of rotatable bonds is 6. The fourth-order valence-electron chi connectivity index (χ4n) is 4.19. The molecule has 1 N–H and O–H groups in total. The van der Waals surface area contributed by atoms with Crippen molar-refractivity contribution in [2.75, 3.05) is 4.90 Å². The summed E-state index contributed by atoms with van der Waals surface area (Å²) >= 11 is 3.15. The highest BCUT2D eigenvalue weighted by Crippen LogP contribution is 2.51. The summed E-state index contributed by atoms with van der Waals surface area (Å²) in [6.45, 7) is 17.4. The average Bonchev–Trinajstić information content (AvgIpc) is 2.83. The minimum atomic E-state index is -0.958. The van der Waals surface area contributed by atoms with E-state index in [1.165, 1.54) is 22.5 Å². The van der Waals surface area contributed by atoms with Crippen LogP contribution in [0.3, 0.4) is 0 Å². The molecule has 1 radical (unpaired) electrons. The third-order valence-electron chi connectivity index (χ3n) is 7.08. The first kappa shape index (κ1) is 29.0. The van der Waals surface area contributed by atoms with Gasteiger partial charge in [0.25, 0.3) is 0 Å². The van der Waals surface area contributed by atoms with Gasteiger partial charge in [-0.05, 0) is 70.0 Å². The molecule has 3 aromatic rings. The highest BCUT2D eigenvalue weighted by Gasteiger charge is 2.38.